The first-order chi connectivity index (χ1) is 13.6. The van der Waals surface area contributed by atoms with E-state index in [1.54, 1.807) is 13.2 Å². The zero-order valence-electron chi connectivity index (χ0n) is 15.7. The van der Waals surface area contributed by atoms with E-state index in [0.717, 1.165) is 24.2 Å². The van der Waals surface area contributed by atoms with E-state index in [2.05, 4.69) is 0 Å². The lowest BCUT2D eigenvalue weighted by molar-refractivity contribution is -0.127. The molecule has 0 aromatic heterocycles. The zero-order valence-corrected chi connectivity index (χ0v) is 15.7. The Hall–Kier alpha value is -2.86. The van der Waals surface area contributed by atoms with Crippen molar-refractivity contribution < 1.29 is 23.4 Å². The maximum atomic E-state index is 13.9. The van der Waals surface area contributed by atoms with Gasteiger partial charge in [0.05, 0.1) is 13.7 Å². The number of carbonyl (C=O) groups excluding carboxylic acids is 1. The molecule has 2 aliphatic rings. The van der Waals surface area contributed by atoms with E-state index in [1.807, 2.05) is 29.2 Å². The van der Waals surface area contributed by atoms with Crippen LogP contribution >= 0.6 is 0 Å². The molecule has 2 aromatic carbocycles. The van der Waals surface area contributed by atoms with Crippen molar-refractivity contribution in [2.75, 3.05) is 13.9 Å². The third-order valence-corrected chi connectivity index (χ3v) is 4.89. The van der Waals surface area contributed by atoms with Gasteiger partial charge < -0.3 is 19.1 Å². The van der Waals surface area contributed by atoms with Crippen molar-refractivity contribution >= 4 is 12.0 Å². The Labute approximate surface area is 163 Å². The lowest BCUT2D eigenvalue weighted by Gasteiger charge is -2.22. The second kappa shape index (κ2) is 8.02. The summed E-state index contributed by atoms with van der Waals surface area (Å²) in [5.41, 5.74) is 2.24. The molecule has 0 atom stereocenters. The van der Waals surface area contributed by atoms with E-state index in [4.69, 9.17) is 14.2 Å². The standard InChI is InChI=1S/C22H22FNO4/c1-26-20-7-2-15(3-8-20)12-24(19-5-6-19)21(25)9-4-16-10-18(23)11-17-13-27-14-28-22(16)17/h2-4,7-11,19H,5-6,12-14H2,1H3. The number of amides is 1. The highest BCUT2D eigenvalue weighted by Crippen LogP contribution is 2.32. The van der Waals surface area contributed by atoms with Crippen LogP contribution < -0.4 is 9.47 Å². The number of methoxy groups -OCH3 is 1. The van der Waals surface area contributed by atoms with E-state index in [1.165, 1.54) is 18.2 Å². The number of carbonyl (C=O) groups is 1. The van der Waals surface area contributed by atoms with Crippen LogP contribution in [-0.4, -0.2) is 30.8 Å². The molecule has 1 fully saturated rings. The van der Waals surface area contributed by atoms with Crippen molar-refractivity contribution in [3.63, 3.8) is 0 Å². The van der Waals surface area contributed by atoms with Gasteiger partial charge in [-0.2, -0.15) is 0 Å². The Morgan fingerprint density at radius 2 is 2.07 bits per heavy atom. The molecule has 146 valence electrons. The van der Waals surface area contributed by atoms with E-state index in [-0.39, 0.29) is 24.6 Å². The van der Waals surface area contributed by atoms with Gasteiger partial charge in [-0.1, -0.05) is 12.1 Å². The summed E-state index contributed by atoms with van der Waals surface area (Å²) in [5, 5.41) is 0. The van der Waals surface area contributed by atoms with Gasteiger partial charge in [0.2, 0.25) is 5.91 Å². The smallest absolute Gasteiger partial charge is 0.247 e. The maximum absolute atomic E-state index is 13.9. The molecule has 1 saturated carbocycles. The van der Waals surface area contributed by atoms with Gasteiger partial charge in [0, 0.05) is 29.8 Å². The van der Waals surface area contributed by atoms with Crippen molar-refractivity contribution in [3.05, 3.63) is 65.0 Å². The maximum Gasteiger partial charge on any atom is 0.247 e. The fraction of sp³-hybridized carbons (Fsp3) is 0.318. The topological polar surface area (TPSA) is 48.0 Å². The van der Waals surface area contributed by atoms with Crippen molar-refractivity contribution in [3.8, 4) is 11.5 Å². The molecule has 0 saturated heterocycles. The van der Waals surface area contributed by atoms with Crippen LogP contribution in [0.25, 0.3) is 6.08 Å². The van der Waals surface area contributed by atoms with Gasteiger partial charge >= 0.3 is 0 Å². The average molecular weight is 383 g/mol. The first-order valence-corrected chi connectivity index (χ1v) is 9.28. The monoisotopic (exact) mass is 383 g/mol. The quantitative estimate of drug-likeness (QED) is 0.710. The van der Waals surface area contributed by atoms with E-state index in [9.17, 15) is 9.18 Å². The largest absolute Gasteiger partial charge is 0.497 e. The van der Waals surface area contributed by atoms with Crippen LogP contribution in [0.5, 0.6) is 11.5 Å². The van der Waals surface area contributed by atoms with Gasteiger partial charge in [0.15, 0.2) is 6.79 Å². The predicted molar refractivity (Wildman–Crippen MR) is 102 cm³/mol. The molecule has 1 aliphatic carbocycles. The summed E-state index contributed by atoms with van der Waals surface area (Å²) in [6.45, 7) is 0.954. The van der Waals surface area contributed by atoms with Gasteiger partial charge in [-0.05, 0) is 48.7 Å². The van der Waals surface area contributed by atoms with Gasteiger partial charge in [-0.15, -0.1) is 0 Å². The lowest BCUT2D eigenvalue weighted by atomic mass is 10.1. The first-order valence-electron chi connectivity index (χ1n) is 9.28. The van der Waals surface area contributed by atoms with Crippen LogP contribution in [0.3, 0.4) is 0 Å². The van der Waals surface area contributed by atoms with E-state index < -0.39 is 0 Å². The Balaban J connectivity index is 1.51. The van der Waals surface area contributed by atoms with Gasteiger partial charge in [0.25, 0.3) is 0 Å². The minimum absolute atomic E-state index is 0.0941. The van der Waals surface area contributed by atoms with Crippen LogP contribution in [0.15, 0.2) is 42.5 Å². The third-order valence-electron chi connectivity index (χ3n) is 4.89. The minimum Gasteiger partial charge on any atom is -0.497 e. The Bertz CT molecular complexity index is 890. The Kier molecular flexibility index (Phi) is 5.30. The summed E-state index contributed by atoms with van der Waals surface area (Å²) in [7, 11) is 1.63. The Morgan fingerprint density at radius 3 is 2.79 bits per heavy atom. The van der Waals surface area contributed by atoms with Crippen LogP contribution in [0.2, 0.25) is 0 Å². The van der Waals surface area contributed by atoms with E-state index >= 15 is 0 Å². The fourth-order valence-corrected chi connectivity index (χ4v) is 3.29. The van der Waals surface area contributed by atoms with Crippen molar-refractivity contribution in [1.82, 2.24) is 4.90 Å². The van der Waals surface area contributed by atoms with Crippen LogP contribution in [-0.2, 0) is 22.7 Å². The highest BCUT2D eigenvalue weighted by molar-refractivity contribution is 5.92. The normalized spacial score (nSPS) is 15.8. The molecule has 0 N–H and O–H groups in total. The molecular formula is C22H22FNO4. The number of hydrogen-bond donors (Lipinski definition) is 0. The Morgan fingerprint density at radius 1 is 1.29 bits per heavy atom. The molecule has 0 spiro atoms. The third kappa shape index (κ3) is 4.17. The lowest BCUT2D eigenvalue weighted by Crippen LogP contribution is -2.31. The molecule has 0 radical (unpaired) electrons. The highest BCUT2D eigenvalue weighted by Gasteiger charge is 2.31. The number of rotatable bonds is 6. The molecule has 1 amide bonds. The number of fused-ring (bicyclic) bond motifs is 1. The molecule has 5 nitrogen and oxygen atoms in total. The van der Waals surface area contributed by atoms with Gasteiger partial charge in [0.1, 0.15) is 17.3 Å². The number of nitrogens with zero attached hydrogens (tertiary/aromatic N) is 1. The van der Waals surface area contributed by atoms with Crippen molar-refractivity contribution in [2.45, 2.75) is 32.0 Å². The summed E-state index contributed by atoms with van der Waals surface area (Å²) in [6, 6.07) is 10.7. The summed E-state index contributed by atoms with van der Waals surface area (Å²) >= 11 is 0. The summed E-state index contributed by atoms with van der Waals surface area (Å²) in [4.78, 5) is 14.7. The molecule has 1 aliphatic heterocycles. The van der Waals surface area contributed by atoms with Crippen molar-refractivity contribution in [2.24, 2.45) is 0 Å². The number of ether oxygens (including phenoxy) is 3. The first kappa shape index (κ1) is 18.5. The number of hydrogen-bond acceptors (Lipinski definition) is 4. The molecular weight excluding hydrogens is 361 g/mol. The predicted octanol–water partition coefficient (Wildman–Crippen LogP) is 3.91. The highest BCUT2D eigenvalue weighted by atomic mass is 19.1. The summed E-state index contributed by atoms with van der Waals surface area (Å²) in [5.74, 6) is 0.887. The van der Waals surface area contributed by atoms with Crippen molar-refractivity contribution in [1.29, 1.82) is 0 Å². The fourth-order valence-electron chi connectivity index (χ4n) is 3.29. The zero-order chi connectivity index (χ0) is 19.5. The van der Waals surface area contributed by atoms with Gasteiger partial charge in [-0.3, -0.25) is 4.79 Å². The molecule has 2 aromatic rings. The van der Waals surface area contributed by atoms with E-state index in [0.29, 0.717) is 30.0 Å². The molecule has 28 heavy (non-hydrogen) atoms. The molecule has 0 bridgehead atoms. The molecule has 4 rings (SSSR count). The second-order valence-electron chi connectivity index (χ2n) is 6.97. The number of benzene rings is 2. The average Bonchev–Trinajstić information content (AvgIpc) is 3.55. The number of halogens is 1. The summed E-state index contributed by atoms with van der Waals surface area (Å²) in [6.07, 6.45) is 5.13. The molecule has 6 heteroatoms. The SMILES string of the molecule is COc1ccc(CN(C(=O)C=Cc2cc(F)cc3c2OCOC3)C2CC2)cc1. The minimum atomic E-state index is -0.378. The van der Waals surface area contributed by atoms with Crippen LogP contribution in [0.1, 0.15) is 29.5 Å². The van der Waals surface area contributed by atoms with Crippen LogP contribution in [0.4, 0.5) is 4.39 Å². The second-order valence-corrected chi connectivity index (χ2v) is 6.97. The summed E-state index contributed by atoms with van der Waals surface area (Å²) < 4.78 is 29.8. The van der Waals surface area contributed by atoms with Crippen LogP contribution in [0, 0.1) is 5.82 Å². The molecule has 1 heterocycles. The van der Waals surface area contributed by atoms with Gasteiger partial charge in [-0.25, -0.2) is 4.39 Å². The molecule has 0 unspecified atom stereocenters.